The summed E-state index contributed by atoms with van der Waals surface area (Å²) in [6.07, 6.45) is -1.12. The molecule has 0 radical (unpaired) electrons. The van der Waals surface area contributed by atoms with E-state index >= 15 is 0 Å². The summed E-state index contributed by atoms with van der Waals surface area (Å²) in [7, 11) is 0. The number of hydrogen-bond donors (Lipinski definition) is 2. The quantitative estimate of drug-likeness (QED) is 0.850. The van der Waals surface area contributed by atoms with Gasteiger partial charge in [-0.25, -0.2) is 4.39 Å². The van der Waals surface area contributed by atoms with Gasteiger partial charge in [0.15, 0.2) is 6.17 Å². The van der Waals surface area contributed by atoms with Crippen LogP contribution in [0.2, 0.25) is 5.02 Å². The van der Waals surface area contributed by atoms with Crippen molar-refractivity contribution in [3.63, 3.8) is 0 Å². The SMILES string of the molecule is N[C@H]1N=C(c2ccccc2F)c2cccc(Cl)c2NC1=O. The number of benzene rings is 2. The van der Waals surface area contributed by atoms with E-state index in [1.807, 2.05) is 0 Å². The lowest BCUT2D eigenvalue weighted by Crippen LogP contribution is -2.33. The number of rotatable bonds is 1. The molecule has 0 unspecified atom stereocenters. The molecule has 0 spiro atoms. The fraction of sp³-hybridized carbons (Fsp3) is 0.0667. The number of nitrogens with one attached hydrogen (secondary N) is 1. The average Bonchev–Trinajstić information content (AvgIpc) is 2.59. The highest BCUT2D eigenvalue weighted by atomic mass is 35.5. The molecular weight excluding hydrogens is 293 g/mol. The Morgan fingerprint density at radius 2 is 1.86 bits per heavy atom. The van der Waals surface area contributed by atoms with Gasteiger partial charge < -0.3 is 11.1 Å². The molecule has 106 valence electrons. The third-order valence-electron chi connectivity index (χ3n) is 3.18. The summed E-state index contributed by atoms with van der Waals surface area (Å²) in [5, 5.41) is 2.97. The highest BCUT2D eigenvalue weighted by Gasteiger charge is 2.25. The maximum Gasteiger partial charge on any atom is 0.263 e. The molecule has 1 atom stereocenters. The van der Waals surface area contributed by atoms with Crippen molar-refractivity contribution < 1.29 is 9.18 Å². The predicted octanol–water partition coefficient (Wildman–Crippen LogP) is 2.55. The van der Waals surface area contributed by atoms with Crippen LogP contribution in [0, 0.1) is 5.82 Å². The summed E-state index contributed by atoms with van der Waals surface area (Å²) in [6, 6.07) is 11.2. The van der Waals surface area contributed by atoms with Gasteiger partial charge in [0.1, 0.15) is 5.82 Å². The van der Waals surface area contributed by atoms with E-state index in [4.69, 9.17) is 17.3 Å². The Labute approximate surface area is 125 Å². The molecule has 1 amide bonds. The van der Waals surface area contributed by atoms with Gasteiger partial charge >= 0.3 is 0 Å². The molecule has 0 fully saturated rings. The van der Waals surface area contributed by atoms with E-state index in [-0.39, 0.29) is 5.56 Å². The Kier molecular flexibility index (Phi) is 3.45. The minimum absolute atomic E-state index is 0.271. The van der Waals surface area contributed by atoms with E-state index in [2.05, 4.69) is 10.3 Å². The van der Waals surface area contributed by atoms with Crippen molar-refractivity contribution in [3.05, 3.63) is 64.4 Å². The maximum absolute atomic E-state index is 14.1. The summed E-state index contributed by atoms with van der Waals surface area (Å²) in [5.74, 6) is -0.931. The van der Waals surface area contributed by atoms with Gasteiger partial charge in [-0.3, -0.25) is 9.79 Å². The van der Waals surface area contributed by atoms with Crippen LogP contribution in [-0.2, 0) is 4.79 Å². The minimum Gasteiger partial charge on any atom is -0.321 e. The fourth-order valence-electron chi connectivity index (χ4n) is 2.18. The molecule has 3 rings (SSSR count). The molecule has 1 aliphatic rings. The Bertz CT molecular complexity index is 760. The molecule has 6 heteroatoms. The number of carbonyl (C=O) groups excluding carboxylic acids is 1. The Morgan fingerprint density at radius 3 is 2.62 bits per heavy atom. The number of halogens is 2. The summed E-state index contributed by atoms with van der Waals surface area (Å²) in [5.41, 5.74) is 7.22. The number of benzodiazepines with no additional fused rings is 1. The molecule has 21 heavy (non-hydrogen) atoms. The standard InChI is InChI=1S/C15H11ClFN3O/c16-10-6-3-5-9-12(8-4-1-2-7-11(8)17)19-14(18)15(21)20-13(9)10/h1-7,14H,18H2,(H,20,21)/t14-/m0/s1. The van der Waals surface area contributed by atoms with E-state index in [0.717, 1.165) is 0 Å². The second-order valence-corrected chi connectivity index (χ2v) is 4.96. The monoisotopic (exact) mass is 303 g/mol. The molecule has 2 aromatic rings. The third kappa shape index (κ3) is 2.41. The summed E-state index contributed by atoms with van der Waals surface area (Å²) in [6.45, 7) is 0. The number of hydrogen-bond acceptors (Lipinski definition) is 3. The lowest BCUT2D eigenvalue weighted by Gasteiger charge is -2.11. The predicted molar refractivity (Wildman–Crippen MR) is 80.1 cm³/mol. The van der Waals surface area contributed by atoms with Crippen molar-refractivity contribution in [3.8, 4) is 0 Å². The van der Waals surface area contributed by atoms with Crippen molar-refractivity contribution in [2.24, 2.45) is 10.7 Å². The summed E-state index contributed by atoms with van der Waals surface area (Å²) < 4.78 is 14.1. The summed E-state index contributed by atoms with van der Waals surface area (Å²) >= 11 is 6.12. The average molecular weight is 304 g/mol. The first-order valence-corrected chi connectivity index (χ1v) is 6.64. The zero-order chi connectivity index (χ0) is 15.0. The van der Waals surface area contributed by atoms with Gasteiger partial charge in [-0.1, -0.05) is 35.9 Å². The Hall–Kier alpha value is -2.24. The molecule has 3 N–H and O–H groups in total. The van der Waals surface area contributed by atoms with Gasteiger partial charge in [0.05, 0.1) is 16.4 Å². The number of para-hydroxylation sites is 1. The van der Waals surface area contributed by atoms with E-state index in [9.17, 15) is 9.18 Å². The Morgan fingerprint density at radius 1 is 1.14 bits per heavy atom. The lowest BCUT2D eigenvalue weighted by atomic mass is 10.00. The lowest BCUT2D eigenvalue weighted by molar-refractivity contribution is -0.117. The highest BCUT2D eigenvalue weighted by Crippen LogP contribution is 2.30. The molecule has 0 aromatic heterocycles. The molecule has 1 aliphatic heterocycles. The number of fused-ring (bicyclic) bond motifs is 1. The number of nitrogens with zero attached hydrogens (tertiary/aromatic N) is 1. The van der Waals surface area contributed by atoms with Crippen molar-refractivity contribution >= 4 is 28.9 Å². The number of carbonyl (C=O) groups is 1. The first-order chi connectivity index (χ1) is 10.1. The Balaban J connectivity index is 2.28. The highest BCUT2D eigenvalue weighted by molar-refractivity contribution is 6.35. The largest absolute Gasteiger partial charge is 0.321 e. The van der Waals surface area contributed by atoms with E-state index in [1.54, 1.807) is 36.4 Å². The fourth-order valence-corrected chi connectivity index (χ4v) is 2.40. The van der Waals surface area contributed by atoms with Gasteiger partial charge in [0, 0.05) is 11.1 Å². The number of nitrogens with two attached hydrogens (primary N) is 1. The first kappa shape index (κ1) is 13.7. The zero-order valence-electron chi connectivity index (χ0n) is 10.8. The van der Waals surface area contributed by atoms with E-state index in [1.165, 1.54) is 6.07 Å². The number of anilines is 1. The van der Waals surface area contributed by atoms with Crippen LogP contribution in [-0.4, -0.2) is 17.8 Å². The minimum atomic E-state index is -1.12. The smallest absolute Gasteiger partial charge is 0.263 e. The number of amides is 1. The summed E-state index contributed by atoms with van der Waals surface area (Å²) in [4.78, 5) is 16.0. The van der Waals surface area contributed by atoms with Crippen LogP contribution in [0.3, 0.4) is 0 Å². The van der Waals surface area contributed by atoms with Crippen LogP contribution in [0.15, 0.2) is 47.5 Å². The van der Waals surface area contributed by atoms with Crippen LogP contribution in [0.4, 0.5) is 10.1 Å². The molecule has 1 heterocycles. The molecule has 0 saturated carbocycles. The first-order valence-electron chi connectivity index (χ1n) is 6.26. The van der Waals surface area contributed by atoms with Gasteiger partial charge in [0.2, 0.25) is 0 Å². The molecule has 0 saturated heterocycles. The molecule has 0 aliphatic carbocycles. The van der Waals surface area contributed by atoms with Crippen molar-refractivity contribution in [2.45, 2.75) is 6.17 Å². The van der Waals surface area contributed by atoms with Crippen molar-refractivity contribution in [1.82, 2.24) is 0 Å². The number of aliphatic imine (C=N–C) groups is 1. The maximum atomic E-state index is 14.1. The zero-order valence-corrected chi connectivity index (χ0v) is 11.6. The second-order valence-electron chi connectivity index (χ2n) is 4.55. The van der Waals surface area contributed by atoms with Crippen LogP contribution >= 0.6 is 11.6 Å². The van der Waals surface area contributed by atoms with Crippen molar-refractivity contribution in [2.75, 3.05) is 5.32 Å². The van der Waals surface area contributed by atoms with Gasteiger partial charge in [-0.05, 0) is 18.2 Å². The third-order valence-corrected chi connectivity index (χ3v) is 3.50. The van der Waals surface area contributed by atoms with E-state index in [0.29, 0.717) is 22.0 Å². The van der Waals surface area contributed by atoms with Gasteiger partial charge in [-0.15, -0.1) is 0 Å². The molecular formula is C15H11ClFN3O. The van der Waals surface area contributed by atoms with E-state index < -0.39 is 17.9 Å². The van der Waals surface area contributed by atoms with Crippen LogP contribution < -0.4 is 11.1 Å². The van der Waals surface area contributed by atoms with Crippen LogP contribution in [0.25, 0.3) is 0 Å². The molecule has 2 aromatic carbocycles. The molecule has 4 nitrogen and oxygen atoms in total. The normalized spacial score (nSPS) is 17.6. The topological polar surface area (TPSA) is 67.5 Å². The molecule has 0 bridgehead atoms. The van der Waals surface area contributed by atoms with Crippen LogP contribution in [0.1, 0.15) is 11.1 Å². The van der Waals surface area contributed by atoms with Crippen molar-refractivity contribution in [1.29, 1.82) is 0 Å². The second kappa shape index (κ2) is 5.27. The van der Waals surface area contributed by atoms with Crippen LogP contribution in [0.5, 0.6) is 0 Å². The van der Waals surface area contributed by atoms with Gasteiger partial charge in [-0.2, -0.15) is 0 Å². The van der Waals surface area contributed by atoms with Gasteiger partial charge in [0.25, 0.3) is 5.91 Å².